The van der Waals surface area contributed by atoms with Crippen molar-refractivity contribution in [3.63, 3.8) is 0 Å². The molecule has 1 heterocycles. The molecule has 1 aliphatic rings. The van der Waals surface area contributed by atoms with Crippen molar-refractivity contribution in [1.29, 1.82) is 0 Å². The first-order chi connectivity index (χ1) is 9.85. The second-order valence-corrected chi connectivity index (χ2v) is 5.41. The summed E-state index contributed by atoms with van der Waals surface area (Å²) in [6, 6.07) is 12.8. The van der Waals surface area contributed by atoms with Gasteiger partial charge in [-0.1, -0.05) is 18.2 Å². The van der Waals surface area contributed by atoms with Gasteiger partial charge in [0.05, 0.1) is 13.7 Å². The SMILES string of the molecule is COc1ccc2cc(CNCC3CCOC3)ccc2c1. The minimum atomic E-state index is 0.680. The number of nitrogens with one attached hydrogen (secondary N) is 1. The average molecular weight is 271 g/mol. The summed E-state index contributed by atoms with van der Waals surface area (Å²) in [6.45, 7) is 3.79. The molecule has 1 fully saturated rings. The van der Waals surface area contributed by atoms with Gasteiger partial charge in [-0.3, -0.25) is 0 Å². The number of hydrogen-bond donors (Lipinski definition) is 1. The first kappa shape index (κ1) is 13.4. The molecule has 1 unspecified atom stereocenters. The van der Waals surface area contributed by atoms with Gasteiger partial charge in [0.15, 0.2) is 0 Å². The number of hydrogen-bond acceptors (Lipinski definition) is 3. The number of fused-ring (bicyclic) bond motifs is 1. The van der Waals surface area contributed by atoms with Gasteiger partial charge in [-0.05, 0) is 46.9 Å². The molecule has 0 saturated carbocycles. The summed E-state index contributed by atoms with van der Waals surface area (Å²) < 4.78 is 10.6. The molecule has 1 atom stereocenters. The molecule has 3 heteroatoms. The van der Waals surface area contributed by atoms with Crippen LogP contribution in [-0.4, -0.2) is 26.9 Å². The molecule has 1 saturated heterocycles. The van der Waals surface area contributed by atoms with Crippen LogP contribution in [0.2, 0.25) is 0 Å². The molecule has 1 aliphatic heterocycles. The van der Waals surface area contributed by atoms with Crippen molar-refractivity contribution in [3.8, 4) is 5.75 Å². The maximum absolute atomic E-state index is 5.39. The number of methoxy groups -OCH3 is 1. The Morgan fingerprint density at radius 1 is 1.20 bits per heavy atom. The molecule has 2 aromatic rings. The van der Waals surface area contributed by atoms with Crippen LogP contribution in [0.25, 0.3) is 10.8 Å². The van der Waals surface area contributed by atoms with Crippen LogP contribution in [0.15, 0.2) is 36.4 Å². The molecule has 3 nitrogen and oxygen atoms in total. The zero-order valence-corrected chi connectivity index (χ0v) is 11.9. The zero-order valence-electron chi connectivity index (χ0n) is 11.9. The highest BCUT2D eigenvalue weighted by atomic mass is 16.5. The van der Waals surface area contributed by atoms with Crippen LogP contribution in [-0.2, 0) is 11.3 Å². The van der Waals surface area contributed by atoms with Crippen molar-refractivity contribution in [3.05, 3.63) is 42.0 Å². The summed E-state index contributed by atoms with van der Waals surface area (Å²) in [5.41, 5.74) is 1.32. The van der Waals surface area contributed by atoms with Gasteiger partial charge in [-0.25, -0.2) is 0 Å². The second-order valence-electron chi connectivity index (χ2n) is 5.41. The lowest BCUT2D eigenvalue weighted by atomic mass is 10.1. The molecular formula is C17H21NO2. The molecule has 106 valence electrons. The van der Waals surface area contributed by atoms with Crippen molar-refractivity contribution in [1.82, 2.24) is 5.32 Å². The van der Waals surface area contributed by atoms with E-state index in [1.165, 1.54) is 22.8 Å². The molecule has 20 heavy (non-hydrogen) atoms. The Bertz CT molecular complexity index is 576. The molecule has 0 aromatic heterocycles. The summed E-state index contributed by atoms with van der Waals surface area (Å²) in [5.74, 6) is 1.59. The predicted octanol–water partition coefficient (Wildman–Crippen LogP) is 2.97. The fourth-order valence-electron chi connectivity index (χ4n) is 2.68. The molecule has 1 N–H and O–H groups in total. The summed E-state index contributed by atoms with van der Waals surface area (Å²) in [5, 5.41) is 6.00. The fraction of sp³-hybridized carbons (Fsp3) is 0.412. The Kier molecular flexibility index (Phi) is 4.19. The van der Waals surface area contributed by atoms with Crippen LogP contribution in [0.1, 0.15) is 12.0 Å². The van der Waals surface area contributed by atoms with E-state index in [0.29, 0.717) is 5.92 Å². The Morgan fingerprint density at radius 2 is 2.05 bits per heavy atom. The number of ether oxygens (including phenoxy) is 2. The lowest BCUT2D eigenvalue weighted by Gasteiger charge is -2.10. The summed E-state index contributed by atoms with van der Waals surface area (Å²) in [7, 11) is 1.70. The van der Waals surface area contributed by atoms with Gasteiger partial charge in [-0.15, -0.1) is 0 Å². The zero-order chi connectivity index (χ0) is 13.8. The van der Waals surface area contributed by atoms with E-state index in [9.17, 15) is 0 Å². The van der Waals surface area contributed by atoms with Gasteiger partial charge in [0, 0.05) is 19.7 Å². The summed E-state index contributed by atoms with van der Waals surface area (Å²) in [4.78, 5) is 0. The average Bonchev–Trinajstić information content (AvgIpc) is 3.00. The Morgan fingerprint density at radius 3 is 2.85 bits per heavy atom. The van der Waals surface area contributed by atoms with E-state index < -0.39 is 0 Å². The number of rotatable bonds is 5. The molecule has 0 spiro atoms. The third-order valence-electron chi connectivity index (χ3n) is 3.90. The van der Waals surface area contributed by atoms with Crippen LogP contribution < -0.4 is 10.1 Å². The minimum Gasteiger partial charge on any atom is -0.497 e. The minimum absolute atomic E-state index is 0.680. The normalized spacial score (nSPS) is 18.6. The third-order valence-corrected chi connectivity index (χ3v) is 3.90. The quantitative estimate of drug-likeness (QED) is 0.907. The fourth-order valence-corrected chi connectivity index (χ4v) is 2.68. The molecule has 0 radical (unpaired) electrons. The molecule has 0 amide bonds. The number of benzene rings is 2. The van der Waals surface area contributed by atoms with Crippen molar-refractivity contribution >= 4 is 10.8 Å². The predicted molar refractivity (Wildman–Crippen MR) is 81.1 cm³/mol. The summed E-state index contributed by atoms with van der Waals surface area (Å²) in [6.07, 6.45) is 1.19. The van der Waals surface area contributed by atoms with Crippen molar-refractivity contribution in [2.45, 2.75) is 13.0 Å². The van der Waals surface area contributed by atoms with E-state index in [-0.39, 0.29) is 0 Å². The lowest BCUT2D eigenvalue weighted by Crippen LogP contribution is -2.22. The molecular weight excluding hydrogens is 250 g/mol. The van der Waals surface area contributed by atoms with Crippen LogP contribution in [0.3, 0.4) is 0 Å². The van der Waals surface area contributed by atoms with Gasteiger partial charge in [0.1, 0.15) is 5.75 Å². The van der Waals surface area contributed by atoms with Crippen molar-refractivity contribution in [2.24, 2.45) is 5.92 Å². The first-order valence-corrected chi connectivity index (χ1v) is 7.20. The highest BCUT2D eigenvalue weighted by Gasteiger charge is 2.14. The lowest BCUT2D eigenvalue weighted by molar-refractivity contribution is 0.185. The topological polar surface area (TPSA) is 30.5 Å². The maximum Gasteiger partial charge on any atom is 0.119 e. The van der Waals surface area contributed by atoms with Crippen LogP contribution in [0.5, 0.6) is 5.75 Å². The van der Waals surface area contributed by atoms with Crippen LogP contribution in [0.4, 0.5) is 0 Å². The molecule has 3 rings (SSSR count). The Labute approximate surface area is 119 Å². The molecule has 0 aliphatic carbocycles. The Balaban J connectivity index is 1.63. The highest BCUT2D eigenvalue weighted by Crippen LogP contribution is 2.22. The van der Waals surface area contributed by atoms with Crippen molar-refractivity contribution in [2.75, 3.05) is 26.9 Å². The van der Waals surface area contributed by atoms with Gasteiger partial charge >= 0.3 is 0 Å². The molecule has 0 bridgehead atoms. The van der Waals surface area contributed by atoms with E-state index in [0.717, 1.165) is 32.1 Å². The van der Waals surface area contributed by atoms with E-state index in [2.05, 4.69) is 35.6 Å². The first-order valence-electron chi connectivity index (χ1n) is 7.20. The van der Waals surface area contributed by atoms with E-state index in [4.69, 9.17) is 9.47 Å². The van der Waals surface area contributed by atoms with Gasteiger partial charge < -0.3 is 14.8 Å². The molecule has 2 aromatic carbocycles. The standard InChI is InChI=1S/C17H21NO2/c1-19-17-5-4-15-8-13(2-3-16(15)9-17)10-18-11-14-6-7-20-12-14/h2-5,8-9,14,18H,6-7,10-12H2,1H3. The van der Waals surface area contributed by atoms with E-state index >= 15 is 0 Å². The monoisotopic (exact) mass is 271 g/mol. The van der Waals surface area contributed by atoms with Gasteiger partial charge in [-0.2, -0.15) is 0 Å². The smallest absolute Gasteiger partial charge is 0.119 e. The van der Waals surface area contributed by atoms with E-state index in [1.54, 1.807) is 7.11 Å². The van der Waals surface area contributed by atoms with Gasteiger partial charge in [0.25, 0.3) is 0 Å². The Hall–Kier alpha value is -1.58. The maximum atomic E-state index is 5.39. The second kappa shape index (κ2) is 6.25. The third kappa shape index (κ3) is 3.11. The largest absolute Gasteiger partial charge is 0.497 e. The highest BCUT2D eigenvalue weighted by molar-refractivity contribution is 5.84. The van der Waals surface area contributed by atoms with Crippen LogP contribution in [0, 0.1) is 5.92 Å². The summed E-state index contributed by atoms with van der Waals surface area (Å²) >= 11 is 0. The van der Waals surface area contributed by atoms with Crippen molar-refractivity contribution < 1.29 is 9.47 Å². The van der Waals surface area contributed by atoms with Crippen LogP contribution >= 0.6 is 0 Å². The van der Waals surface area contributed by atoms with Gasteiger partial charge in [0.2, 0.25) is 0 Å². The van der Waals surface area contributed by atoms with E-state index in [1.807, 2.05) is 6.07 Å².